The average molecular weight is 227 g/mol. The molecule has 1 unspecified atom stereocenters. The lowest BCUT2D eigenvalue weighted by Crippen LogP contribution is -2.35. The van der Waals surface area contributed by atoms with E-state index in [0.29, 0.717) is 12.6 Å². The largest absolute Gasteiger partial charge is 0.488 e. The summed E-state index contributed by atoms with van der Waals surface area (Å²) >= 11 is 0. The van der Waals surface area contributed by atoms with Gasteiger partial charge in [-0.15, -0.1) is 0 Å². The van der Waals surface area contributed by atoms with Gasteiger partial charge in [0, 0.05) is 12.6 Å². The quantitative estimate of drug-likeness (QED) is 0.775. The molecule has 0 aliphatic carbocycles. The number of aliphatic hydroxyl groups is 1. The summed E-state index contributed by atoms with van der Waals surface area (Å²) in [5.41, 5.74) is 0. The summed E-state index contributed by atoms with van der Waals surface area (Å²) in [6, 6.07) is 6.46. The number of benzene rings is 1. The minimum atomic E-state index is -0.637. The molecular formula is C12H18FNO2. The highest BCUT2D eigenvalue weighted by molar-refractivity contribution is 5.23. The van der Waals surface area contributed by atoms with Crippen LogP contribution >= 0.6 is 0 Å². The summed E-state index contributed by atoms with van der Waals surface area (Å²) in [6.45, 7) is 4.50. The Labute approximate surface area is 95.2 Å². The van der Waals surface area contributed by atoms with E-state index >= 15 is 0 Å². The molecule has 0 aliphatic rings. The third-order valence-electron chi connectivity index (χ3n) is 2.03. The second-order valence-electron chi connectivity index (χ2n) is 3.96. The monoisotopic (exact) mass is 227 g/mol. The van der Waals surface area contributed by atoms with Gasteiger partial charge in [-0.1, -0.05) is 26.0 Å². The SMILES string of the molecule is CC(C)NCC(O)COc1ccccc1F. The zero-order valence-electron chi connectivity index (χ0n) is 9.61. The highest BCUT2D eigenvalue weighted by Gasteiger charge is 2.07. The number of aliphatic hydroxyl groups excluding tert-OH is 1. The molecule has 0 saturated carbocycles. The van der Waals surface area contributed by atoms with Crippen molar-refractivity contribution >= 4 is 0 Å². The molecule has 1 aromatic rings. The van der Waals surface area contributed by atoms with Gasteiger partial charge in [0.05, 0.1) is 0 Å². The van der Waals surface area contributed by atoms with Gasteiger partial charge in [0.1, 0.15) is 12.7 Å². The van der Waals surface area contributed by atoms with E-state index < -0.39 is 11.9 Å². The number of hydrogen-bond donors (Lipinski definition) is 2. The lowest BCUT2D eigenvalue weighted by atomic mass is 10.3. The molecule has 0 aliphatic heterocycles. The molecule has 16 heavy (non-hydrogen) atoms. The molecule has 2 N–H and O–H groups in total. The smallest absolute Gasteiger partial charge is 0.165 e. The van der Waals surface area contributed by atoms with Crippen molar-refractivity contribution in [3.8, 4) is 5.75 Å². The number of ether oxygens (including phenoxy) is 1. The molecule has 0 bridgehead atoms. The van der Waals surface area contributed by atoms with Gasteiger partial charge in [-0.3, -0.25) is 0 Å². The minimum Gasteiger partial charge on any atom is -0.488 e. The second kappa shape index (κ2) is 6.45. The zero-order chi connectivity index (χ0) is 12.0. The minimum absolute atomic E-state index is 0.0840. The molecule has 3 nitrogen and oxygen atoms in total. The van der Waals surface area contributed by atoms with E-state index in [1.807, 2.05) is 13.8 Å². The Balaban J connectivity index is 2.31. The Kier molecular flexibility index (Phi) is 5.22. The first-order valence-electron chi connectivity index (χ1n) is 5.38. The summed E-state index contributed by atoms with van der Waals surface area (Å²) in [6.07, 6.45) is -0.637. The Bertz CT molecular complexity index is 318. The van der Waals surface area contributed by atoms with Crippen LogP contribution in [-0.4, -0.2) is 30.4 Å². The number of para-hydroxylation sites is 1. The van der Waals surface area contributed by atoms with E-state index in [1.54, 1.807) is 12.1 Å². The molecular weight excluding hydrogens is 209 g/mol. The Morgan fingerprint density at radius 2 is 2.06 bits per heavy atom. The number of hydrogen-bond acceptors (Lipinski definition) is 3. The normalized spacial score (nSPS) is 12.8. The van der Waals surface area contributed by atoms with Crippen molar-refractivity contribution in [1.82, 2.24) is 5.32 Å². The molecule has 0 spiro atoms. The van der Waals surface area contributed by atoms with Crippen molar-refractivity contribution < 1.29 is 14.2 Å². The van der Waals surface area contributed by atoms with E-state index in [4.69, 9.17) is 4.74 Å². The Morgan fingerprint density at radius 3 is 2.69 bits per heavy atom. The third-order valence-corrected chi connectivity index (χ3v) is 2.03. The highest BCUT2D eigenvalue weighted by atomic mass is 19.1. The Hall–Kier alpha value is -1.13. The van der Waals surface area contributed by atoms with Crippen molar-refractivity contribution in [2.24, 2.45) is 0 Å². The van der Waals surface area contributed by atoms with Crippen molar-refractivity contribution in [2.75, 3.05) is 13.2 Å². The average Bonchev–Trinajstić information content (AvgIpc) is 2.25. The zero-order valence-corrected chi connectivity index (χ0v) is 9.61. The number of nitrogens with one attached hydrogen (secondary N) is 1. The van der Waals surface area contributed by atoms with Crippen LogP contribution in [0.4, 0.5) is 4.39 Å². The van der Waals surface area contributed by atoms with Gasteiger partial charge in [0.25, 0.3) is 0 Å². The van der Waals surface area contributed by atoms with Gasteiger partial charge >= 0.3 is 0 Å². The van der Waals surface area contributed by atoms with E-state index in [2.05, 4.69) is 5.32 Å². The summed E-state index contributed by atoms with van der Waals surface area (Å²) in [5.74, 6) is -0.238. The molecule has 0 amide bonds. The lowest BCUT2D eigenvalue weighted by molar-refractivity contribution is 0.102. The number of halogens is 1. The van der Waals surface area contributed by atoms with E-state index in [9.17, 15) is 9.50 Å². The summed E-state index contributed by atoms with van der Waals surface area (Å²) in [7, 11) is 0. The number of rotatable bonds is 6. The van der Waals surface area contributed by atoms with Crippen LogP contribution in [0, 0.1) is 5.82 Å². The third kappa shape index (κ3) is 4.59. The molecule has 1 aromatic carbocycles. The molecule has 0 fully saturated rings. The molecule has 0 saturated heterocycles. The van der Waals surface area contributed by atoms with Crippen LogP contribution in [0.25, 0.3) is 0 Å². The topological polar surface area (TPSA) is 41.5 Å². The predicted molar refractivity (Wildman–Crippen MR) is 61.0 cm³/mol. The van der Waals surface area contributed by atoms with Crippen molar-refractivity contribution in [2.45, 2.75) is 26.0 Å². The first-order chi connectivity index (χ1) is 7.59. The van der Waals surface area contributed by atoms with Gasteiger partial charge in [0.15, 0.2) is 11.6 Å². The van der Waals surface area contributed by atoms with Crippen LogP contribution in [0.5, 0.6) is 5.75 Å². The Morgan fingerprint density at radius 1 is 1.38 bits per heavy atom. The molecule has 0 radical (unpaired) electrons. The van der Waals surface area contributed by atoms with Crippen molar-refractivity contribution in [3.05, 3.63) is 30.1 Å². The standard InChI is InChI=1S/C12H18FNO2/c1-9(2)14-7-10(15)8-16-12-6-4-3-5-11(12)13/h3-6,9-10,14-15H,7-8H2,1-2H3. The summed E-state index contributed by atoms with van der Waals surface area (Å²) in [4.78, 5) is 0. The summed E-state index contributed by atoms with van der Waals surface area (Å²) in [5, 5.41) is 12.6. The van der Waals surface area contributed by atoms with Crippen molar-refractivity contribution in [1.29, 1.82) is 0 Å². The highest BCUT2D eigenvalue weighted by Crippen LogP contribution is 2.15. The maximum atomic E-state index is 13.1. The van der Waals surface area contributed by atoms with E-state index in [-0.39, 0.29) is 12.4 Å². The van der Waals surface area contributed by atoms with Crippen LogP contribution in [0.15, 0.2) is 24.3 Å². The molecule has 0 heterocycles. The molecule has 4 heteroatoms. The van der Waals surface area contributed by atoms with Crippen molar-refractivity contribution in [3.63, 3.8) is 0 Å². The molecule has 0 aromatic heterocycles. The van der Waals surface area contributed by atoms with Crippen LogP contribution in [0.1, 0.15) is 13.8 Å². The van der Waals surface area contributed by atoms with Gasteiger partial charge < -0.3 is 15.2 Å². The van der Waals surface area contributed by atoms with Crippen LogP contribution in [-0.2, 0) is 0 Å². The molecule has 1 atom stereocenters. The fraction of sp³-hybridized carbons (Fsp3) is 0.500. The van der Waals surface area contributed by atoms with Gasteiger partial charge in [0.2, 0.25) is 0 Å². The fourth-order valence-electron chi connectivity index (χ4n) is 1.18. The van der Waals surface area contributed by atoms with Gasteiger partial charge in [-0.2, -0.15) is 0 Å². The molecule has 1 rings (SSSR count). The predicted octanol–water partition coefficient (Wildman–Crippen LogP) is 1.56. The lowest BCUT2D eigenvalue weighted by Gasteiger charge is -2.15. The van der Waals surface area contributed by atoms with Crippen LogP contribution < -0.4 is 10.1 Å². The summed E-state index contributed by atoms with van der Waals surface area (Å²) < 4.78 is 18.3. The van der Waals surface area contributed by atoms with Crippen LogP contribution in [0.2, 0.25) is 0 Å². The van der Waals surface area contributed by atoms with Crippen LogP contribution in [0.3, 0.4) is 0 Å². The fourth-order valence-corrected chi connectivity index (χ4v) is 1.18. The van der Waals surface area contributed by atoms with Gasteiger partial charge in [-0.05, 0) is 12.1 Å². The molecule has 90 valence electrons. The first-order valence-corrected chi connectivity index (χ1v) is 5.38. The van der Waals surface area contributed by atoms with Gasteiger partial charge in [-0.25, -0.2) is 4.39 Å². The maximum absolute atomic E-state index is 13.1. The first kappa shape index (κ1) is 12.9. The van der Waals surface area contributed by atoms with E-state index in [0.717, 1.165) is 0 Å². The maximum Gasteiger partial charge on any atom is 0.165 e. The van der Waals surface area contributed by atoms with E-state index in [1.165, 1.54) is 12.1 Å². The second-order valence-corrected chi connectivity index (χ2v) is 3.96.